The third-order valence-electron chi connectivity index (χ3n) is 3.17. The summed E-state index contributed by atoms with van der Waals surface area (Å²) in [5, 5.41) is 10.8. The van der Waals surface area contributed by atoms with E-state index in [9.17, 15) is 14.9 Å². The minimum atomic E-state index is -0.658. The monoisotopic (exact) mass is 349 g/mol. The predicted octanol–water partition coefficient (Wildman–Crippen LogP) is 3.31. The lowest BCUT2D eigenvalue weighted by molar-refractivity contribution is -0.384. The number of esters is 1. The van der Waals surface area contributed by atoms with Crippen molar-refractivity contribution in [2.75, 3.05) is 0 Å². The van der Waals surface area contributed by atoms with Crippen molar-refractivity contribution in [3.05, 3.63) is 51.2 Å². The number of carbonyl (C=O) groups is 1. The molecule has 2 rings (SSSR count). The molecule has 0 aliphatic carbocycles. The molecule has 1 unspecified atom stereocenters. The number of thioether (sulfide) groups is 1. The van der Waals surface area contributed by atoms with Crippen LogP contribution in [0.3, 0.4) is 0 Å². The number of carbonyl (C=O) groups excluding carboxylic acids is 1. The molecule has 1 heterocycles. The molecule has 8 heteroatoms. The highest BCUT2D eigenvalue weighted by Crippen LogP contribution is 2.42. The quantitative estimate of drug-likeness (QED) is 0.509. The van der Waals surface area contributed by atoms with Crippen LogP contribution in [0, 0.1) is 10.1 Å². The zero-order valence-electron chi connectivity index (χ0n) is 13.9. The van der Waals surface area contributed by atoms with Gasteiger partial charge >= 0.3 is 5.97 Å². The normalized spacial score (nSPS) is 18.2. The summed E-state index contributed by atoms with van der Waals surface area (Å²) in [6.45, 7) is 7.00. The topological polar surface area (TPSA) is 108 Å². The number of aliphatic imine (C=N–C) groups is 1. The fourth-order valence-electron chi connectivity index (χ4n) is 2.25. The molecule has 2 N–H and O–H groups in total. The number of nitrogens with two attached hydrogens (primary N) is 1. The standard InChI is InChI=1S/C16H19N3O4S/c1-9-12(14(20)23-16(2,3)4)13(24-15(17)18-9)10-6-5-7-11(8-10)19(21)22/h5-8,13H,1-4H3,(H2,17,18). The average molecular weight is 349 g/mol. The average Bonchev–Trinajstić information content (AvgIpc) is 2.44. The van der Waals surface area contributed by atoms with Crippen LogP contribution < -0.4 is 5.73 Å². The van der Waals surface area contributed by atoms with E-state index in [1.54, 1.807) is 39.8 Å². The number of ether oxygens (including phenoxy) is 1. The second kappa shape index (κ2) is 6.64. The SMILES string of the molecule is CC1=C(C(=O)OC(C)(C)C)C(c2cccc([N+](=O)[O-])c2)SC(N)=N1. The smallest absolute Gasteiger partial charge is 0.337 e. The fourth-order valence-corrected chi connectivity index (χ4v) is 3.34. The van der Waals surface area contributed by atoms with Crippen LogP contribution in [-0.4, -0.2) is 21.7 Å². The number of nitrogens with zero attached hydrogens (tertiary/aromatic N) is 2. The number of non-ortho nitro benzene ring substituents is 1. The number of nitro benzene ring substituents is 1. The number of rotatable bonds is 3. The highest BCUT2D eigenvalue weighted by molar-refractivity contribution is 8.14. The molecule has 0 bridgehead atoms. The van der Waals surface area contributed by atoms with Crippen molar-refractivity contribution in [2.45, 2.75) is 38.5 Å². The van der Waals surface area contributed by atoms with Gasteiger partial charge in [0.05, 0.1) is 21.4 Å². The van der Waals surface area contributed by atoms with Crippen molar-refractivity contribution < 1.29 is 14.5 Å². The number of amidine groups is 1. The first kappa shape index (κ1) is 18.0. The Bertz CT molecular complexity index is 750. The Morgan fingerprint density at radius 1 is 1.42 bits per heavy atom. The van der Waals surface area contributed by atoms with Crippen LogP contribution in [0.1, 0.15) is 38.5 Å². The lowest BCUT2D eigenvalue weighted by atomic mass is 10.0. The molecule has 0 saturated heterocycles. The largest absolute Gasteiger partial charge is 0.457 e. The Labute approximate surface area is 144 Å². The first-order chi connectivity index (χ1) is 11.1. The molecule has 0 saturated carbocycles. The van der Waals surface area contributed by atoms with E-state index in [-0.39, 0.29) is 5.69 Å². The minimum absolute atomic E-state index is 0.0459. The molecule has 24 heavy (non-hydrogen) atoms. The molecule has 0 radical (unpaired) electrons. The first-order valence-corrected chi connectivity index (χ1v) is 8.16. The van der Waals surface area contributed by atoms with Crippen LogP contribution in [0.4, 0.5) is 5.69 Å². The molecule has 128 valence electrons. The number of benzene rings is 1. The van der Waals surface area contributed by atoms with Crippen LogP contribution in [0.2, 0.25) is 0 Å². The number of hydrogen-bond donors (Lipinski definition) is 1. The van der Waals surface area contributed by atoms with Gasteiger partial charge in [-0.05, 0) is 33.3 Å². The van der Waals surface area contributed by atoms with Crippen molar-refractivity contribution >= 4 is 28.6 Å². The number of hydrogen-bond acceptors (Lipinski definition) is 7. The van der Waals surface area contributed by atoms with E-state index < -0.39 is 21.7 Å². The van der Waals surface area contributed by atoms with E-state index in [4.69, 9.17) is 10.5 Å². The summed E-state index contributed by atoms with van der Waals surface area (Å²) >= 11 is 1.17. The van der Waals surface area contributed by atoms with Crippen molar-refractivity contribution in [1.29, 1.82) is 0 Å². The van der Waals surface area contributed by atoms with Gasteiger partial charge < -0.3 is 10.5 Å². The number of nitro groups is 1. The van der Waals surface area contributed by atoms with Gasteiger partial charge in [-0.3, -0.25) is 10.1 Å². The molecular weight excluding hydrogens is 330 g/mol. The summed E-state index contributed by atoms with van der Waals surface area (Å²) in [7, 11) is 0. The van der Waals surface area contributed by atoms with Gasteiger partial charge in [0, 0.05) is 12.1 Å². The third-order valence-corrected chi connectivity index (χ3v) is 4.25. The van der Waals surface area contributed by atoms with E-state index in [1.165, 1.54) is 23.9 Å². The summed E-state index contributed by atoms with van der Waals surface area (Å²) in [6, 6.07) is 6.14. The Hall–Kier alpha value is -2.35. The van der Waals surface area contributed by atoms with Crippen molar-refractivity contribution in [1.82, 2.24) is 0 Å². The predicted molar refractivity (Wildman–Crippen MR) is 93.6 cm³/mol. The lowest BCUT2D eigenvalue weighted by Gasteiger charge is -2.27. The van der Waals surface area contributed by atoms with Crippen LogP contribution in [0.25, 0.3) is 0 Å². The zero-order chi connectivity index (χ0) is 18.1. The Balaban J connectivity index is 2.47. The Morgan fingerprint density at radius 2 is 2.08 bits per heavy atom. The van der Waals surface area contributed by atoms with E-state index >= 15 is 0 Å². The first-order valence-electron chi connectivity index (χ1n) is 7.28. The van der Waals surface area contributed by atoms with Crippen molar-refractivity contribution in [3.8, 4) is 0 Å². The zero-order valence-corrected chi connectivity index (χ0v) is 14.7. The molecule has 0 fully saturated rings. The van der Waals surface area contributed by atoms with Crippen LogP contribution >= 0.6 is 11.8 Å². The summed E-state index contributed by atoms with van der Waals surface area (Å²) in [5.74, 6) is -0.500. The van der Waals surface area contributed by atoms with Crippen LogP contribution in [-0.2, 0) is 9.53 Å². The highest BCUT2D eigenvalue weighted by Gasteiger charge is 2.33. The fraction of sp³-hybridized carbons (Fsp3) is 0.375. The molecule has 1 aliphatic rings. The van der Waals surface area contributed by atoms with Gasteiger partial charge in [0.2, 0.25) is 0 Å². The minimum Gasteiger partial charge on any atom is -0.457 e. The molecule has 1 aromatic rings. The molecule has 7 nitrogen and oxygen atoms in total. The van der Waals surface area contributed by atoms with Gasteiger partial charge in [0.25, 0.3) is 5.69 Å². The number of allylic oxidation sites excluding steroid dienone is 1. The van der Waals surface area contributed by atoms with Gasteiger partial charge in [-0.1, -0.05) is 23.9 Å². The molecule has 0 aromatic heterocycles. The van der Waals surface area contributed by atoms with Gasteiger partial charge in [0.15, 0.2) is 5.17 Å². The summed E-state index contributed by atoms with van der Waals surface area (Å²) in [4.78, 5) is 27.3. The summed E-state index contributed by atoms with van der Waals surface area (Å²) < 4.78 is 5.46. The maximum Gasteiger partial charge on any atom is 0.337 e. The van der Waals surface area contributed by atoms with E-state index in [1.807, 2.05) is 0 Å². The Kier molecular flexibility index (Phi) is 4.98. The van der Waals surface area contributed by atoms with Crippen LogP contribution in [0.5, 0.6) is 0 Å². The van der Waals surface area contributed by atoms with Gasteiger partial charge in [-0.2, -0.15) is 0 Å². The molecule has 0 spiro atoms. The second-order valence-corrected chi connectivity index (χ2v) is 7.43. The maximum atomic E-state index is 12.6. The van der Waals surface area contributed by atoms with Crippen molar-refractivity contribution in [2.24, 2.45) is 10.7 Å². The molecule has 1 aliphatic heterocycles. The second-order valence-electron chi connectivity index (χ2n) is 6.30. The summed E-state index contributed by atoms with van der Waals surface area (Å²) in [5.41, 5.74) is 6.54. The van der Waals surface area contributed by atoms with Gasteiger partial charge in [-0.25, -0.2) is 9.79 Å². The molecular formula is C16H19N3O4S. The lowest BCUT2D eigenvalue weighted by Crippen LogP contribution is -2.28. The Morgan fingerprint density at radius 3 is 2.67 bits per heavy atom. The summed E-state index contributed by atoms with van der Waals surface area (Å²) in [6.07, 6.45) is 0. The van der Waals surface area contributed by atoms with Gasteiger partial charge in [0.1, 0.15) is 5.60 Å². The van der Waals surface area contributed by atoms with Crippen molar-refractivity contribution in [3.63, 3.8) is 0 Å². The highest BCUT2D eigenvalue weighted by atomic mass is 32.2. The molecule has 1 atom stereocenters. The maximum absolute atomic E-state index is 12.6. The third kappa shape index (κ3) is 4.14. The molecule has 1 aromatic carbocycles. The van der Waals surface area contributed by atoms with Gasteiger partial charge in [-0.15, -0.1) is 0 Å². The van der Waals surface area contributed by atoms with E-state index in [0.717, 1.165) is 0 Å². The molecule has 0 amide bonds. The van der Waals surface area contributed by atoms with E-state index in [2.05, 4.69) is 4.99 Å². The van der Waals surface area contributed by atoms with E-state index in [0.29, 0.717) is 22.0 Å². The van der Waals surface area contributed by atoms with Crippen LogP contribution in [0.15, 0.2) is 40.5 Å².